The highest BCUT2D eigenvalue weighted by Gasteiger charge is 2.37. The second kappa shape index (κ2) is 7.21. The SMILES string of the molecule is CN(CC1(O)CCN(Cc2ccccc2)C1)c1ccccc1[N+](=O)[O-]. The van der Waals surface area contributed by atoms with Crippen LogP contribution in [-0.4, -0.2) is 47.2 Å². The van der Waals surface area contributed by atoms with Gasteiger partial charge in [0.05, 0.1) is 10.5 Å². The molecule has 2 aromatic rings. The second-order valence-electron chi connectivity index (χ2n) is 6.77. The Morgan fingerprint density at radius 2 is 1.88 bits per heavy atom. The number of nitro benzene ring substituents is 1. The summed E-state index contributed by atoms with van der Waals surface area (Å²) >= 11 is 0. The van der Waals surface area contributed by atoms with Gasteiger partial charge in [-0.25, -0.2) is 0 Å². The third-order valence-corrected chi connectivity index (χ3v) is 4.68. The number of β-amino-alcohol motifs (C(OH)–C–C–N with tert-alkyl or cyclic N) is 1. The van der Waals surface area contributed by atoms with Crippen molar-refractivity contribution in [3.05, 3.63) is 70.3 Å². The van der Waals surface area contributed by atoms with Crippen LogP contribution < -0.4 is 4.90 Å². The number of hydrogen-bond donors (Lipinski definition) is 1. The van der Waals surface area contributed by atoms with E-state index in [2.05, 4.69) is 17.0 Å². The minimum absolute atomic E-state index is 0.0627. The van der Waals surface area contributed by atoms with Gasteiger partial charge < -0.3 is 10.0 Å². The molecule has 0 radical (unpaired) electrons. The predicted octanol–water partition coefficient (Wildman–Crippen LogP) is 2.67. The van der Waals surface area contributed by atoms with Crippen LogP contribution in [0.3, 0.4) is 0 Å². The van der Waals surface area contributed by atoms with Crippen molar-refractivity contribution < 1.29 is 10.0 Å². The van der Waals surface area contributed by atoms with Crippen LogP contribution in [0.5, 0.6) is 0 Å². The number of aliphatic hydroxyl groups is 1. The van der Waals surface area contributed by atoms with Crippen LogP contribution in [0.4, 0.5) is 11.4 Å². The first-order chi connectivity index (χ1) is 12.0. The van der Waals surface area contributed by atoms with Gasteiger partial charge in [0.1, 0.15) is 5.69 Å². The average Bonchev–Trinajstić information content (AvgIpc) is 2.96. The third-order valence-electron chi connectivity index (χ3n) is 4.68. The lowest BCUT2D eigenvalue weighted by Crippen LogP contribution is -2.44. The summed E-state index contributed by atoms with van der Waals surface area (Å²) in [6.07, 6.45) is 0.658. The molecule has 1 saturated heterocycles. The van der Waals surface area contributed by atoms with Gasteiger partial charge in [-0.3, -0.25) is 15.0 Å². The number of nitro groups is 1. The van der Waals surface area contributed by atoms with Crippen LogP contribution >= 0.6 is 0 Å². The fraction of sp³-hybridized carbons (Fsp3) is 0.368. The van der Waals surface area contributed by atoms with Crippen LogP contribution in [0.1, 0.15) is 12.0 Å². The van der Waals surface area contributed by atoms with Crippen LogP contribution in [0.15, 0.2) is 54.6 Å². The summed E-state index contributed by atoms with van der Waals surface area (Å²) in [5.74, 6) is 0. The molecule has 25 heavy (non-hydrogen) atoms. The van der Waals surface area contributed by atoms with Crippen molar-refractivity contribution in [2.24, 2.45) is 0 Å². The molecule has 1 fully saturated rings. The molecule has 6 nitrogen and oxygen atoms in total. The first kappa shape index (κ1) is 17.4. The van der Waals surface area contributed by atoms with E-state index in [0.717, 1.165) is 13.1 Å². The van der Waals surface area contributed by atoms with Gasteiger partial charge in [0.15, 0.2) is 0 Å². The molecule has 0 bridgehead atoms. The summed E-state index contributed by atoms with van der Waals surface area (Å²) in [4.78, 5) is 14.8. The maximum atomic E-state index is 11.2. The van der Waals surface area contributed by atoms with Gasteiger partial charge in [-0.2, -0.15) is 0 Å². The smallest absolute Gasteiger partial charge is 0.292 e. The number of benzene rings is 2. The van der Waals surface area contributed by atoms with E-state index in [0.29, 0.717) is 25.2 Å². The Morgan fingerprint density at radius 1 is 1.20 bits per heavy atom. The zero-order chi connectivity index (χ0) is 17.9. The molecule has 132 valence electrons. The zero-order valence-corrected chi connectivity index (χ0v) is 14.3. The normalized spacial score (nSPS) is 20.6. The van der Waals surface area contributed by atoms with E-state index in [1.165, 1.54) is 11.6 Å². The van der Waals surface area contributed by atoms with Crippen molar-refractivity contribution in [3.63, 3.8) is 0 Å². The Balaban J connectivity index is 1.66. The lowest BCUT2D eigenvalue weighted by Gasteiger charge is -2.30. The maximum absolute atomic E-state index is 11.2. The number of para-hydroxylation sites is 2. The highest BCUT2D eigenvalue weighted by molar-refractivity contribution is 5.62. The van der Waals surface area contributed by atoms with E-state index < -0.39 is 5.60 Å². The van der Waals surface area contributed by atoms with E-state index in [1.54, 1.807) is 30.1 Å². The van der Waals surface area contributed by atoms with Crippen LogP contribution in [0.2, 0.25) is 0 Å². The summed E-state index contributed by atoms with van der Waals surface area (Å²) in [5, 5.41) is 22.2. The molecule has 0 aromatic heterocycles. The molecule has 2 aromatic carbocycles. The Hall–Kier alpha value is -2.44. The van der Waals surface area contributed by atoms with Gasteiger partial charge in [0.2, 0.25) is 0 Å². The molecule has 0 aliphatic carbocycles. The van der Waals surface area contributed by atoms with Crippen molar-refractivity contribution in [2.45, 2.75) is 18.6 Å². The average molecular weight is 341 g/mol. The van der Waals surface area contributed by atoms with Crippen LogP contribution in [0, 0.1) is 10.1 Å². The van der Waals surface area contributed by atoms with Gasteiger partial charge in [0, 0.05) is 39.3 Å². The number of likely N-dealkylation sites (tertiary alicyclic amines) is 1. The Bertz CT molecular complexity index is 738. The maximum Gasteiger partial charge on any atom is 0.292 e. The lowest BCUT2D eigenvalue weighted by molar-refractivity contribution is -0.384. The number of nitrogens with zero attached hydrogens (tertiary/aromatic N) is 3. The summed E-state index contributed by atoms with van der Waals surface area (Å²) in [6.45, 7) is 2.55. The number of likely N-dealkylation sites (N-methyl/N-ethyl adjacent to an activating group) is 1. The minimum atomic E-state index is -0.868. The van der Waals surface area contributed by atoms with E-state index in [1.807, 2.05) is 18.2 Å². The van der Waals surface area contributed by atoms with Gasteiger partial charge in [0.25, 0.3) is 5.69 Å². The molecule has 1 atom stereocenters. The lowest BCUT2D eigenvalue weighted by atomic mass is 10.0. The summed E-state index contributed by atoms with van der Waals surface area (Å²) < 4.78 is 0. The fourth-order valence-corrected chi connectivity index (χ4v) is 3.51. The number of hydrogen-bond acceptors (Lipinski definition) is 5. The molecule has 1 unspecified atom stereocenters. The molecule has 0 amide bonds. The zero-order valence-electron chi connectivity index (χ0n) is 14.3. The van der Waals surface area contributed by atoms with Crippen molar-refractivity contribution in [1.82, 2.24) is 4.90 Å². The summed E-state index contributed by atoms with van der Waals surface area (Å²) in [7, 11) is 1.79. The van der Waals surface area contributed by atoms with Gasteiger partial charge in [-0.1, -0.05) is 42.5 Å². The highest BCUT2D eigenvalue weighted by Crippen LogP contribution is 2.30. The molecule has 6 heteroatoms. The van der Waals surface area contributed by atoms with Crippen LogP contribution in [-0.2, 0) is 6.54 Å². The van der Waals surface area contributed by atoms with Crippen LogP contribution in [0.25, 0.3) is 0 Å². The first-order valence-electron chi connectivity index (χ1n) is 8.40. The largest absolute Gasteiger partial charge is 0.387 e. The molecule has 1 aliphatic rings. The molecule has 1 N–H and O–H groups in total. The van der Waals surface area contributed by atoms with E-state index in [-0.39, 0.29) is 10.6 Å². The standard InChI is InChI=1S/C19H23N3O3/c1-20(17-9-5-6-10-18(17)22(24)25)14-19(23)11-12-21(15-19)13-16-7-3-2-4-8-16/h2-10,23H,11-15H2,1H3. The molecule has 0 spiro atoms. The van der Waals surface area contributed by atoms with Crippen molar-refractivity contribution in [3.8, 4) is 0 Å². The quantitative estimate of drug-likeness (QED) is 0.646. The molecular weight excluding hydrogens is 318 g/mol. The Kier molecular flexibility index (Phi) is 5.01. The summed E-state index contributed by atoms with van der Waals surface area (Å²) in [6, 6.07) is 16.8. The highest BCUT2D eigenvalue weighted by atomic mass is 16.6. The molecule has 1 heterocycles. The van der Waals surface area contributed by atoms with Gasteiger partial charge >= 0.3 is 0 Å². The topological polar surface area (TPSA) is 69.8 Å². The van der Waals surface area contributed by atoms with E-state index >= 15 is 0 Å². The third kappa shape index (κ3) is 4.15. The predicted molar refractivity (Wildman–Crippen MR) is 97.7 cm³/mol. The fourth-order valence-electron chi connectivity index (χ4n) is 3.51. The number of rotatable bonds is 6. The van der Waals surface area contributed by atoms with E-state index in [9.17, 15) is 15.2 Å². The molecule has 1 aliphatic heterocycles. The number of anilines is 1. The molecule has 0 saturated carbocycles. The van der Waals surface area contributed by atoms with E-state index in [4.69, 9.17) is 0 Å². The second-order valence-corrected chi connectivity index (χ2v) is 6.77. The van der Waals surface area contributed by atoms with Gasteiger partial charge in [-0.05, 0) is 18.1 Å². The Morgan fingerprint density at radius 3 is 2.60 bits per heavy atom. The summed E-state index contributed by atoms with van der Waals surface area (Å²) in [5.41, 5.74) is 0.946. The molecule has 3 rings (SSSR count). The monoisotopic (exact) mass is 341 g/mol. The van der Waals surface area contributed by atoms with Gasteiger partial charge in [-0.15, -0.1) is 0 Å². The molecular formula is C19H23N3O3. The first-order valence-corrected chi connectivity index (χ1v) is 8.40. The van der Waals surface area contributed by atoms with Crippen molar-refractivity contribution in [1.29, 1.82) is 0 Å². The minimum Gasteiger partial charge on any atom is -0.387 e. The Labute approximate surface area is 147 Å². The van der Waals surface area contributed by atoms with Crippen molar-refractivity contribution in [2.75, 3.05) is 31.6 Å². The van der Waals surface area contributed by atoms with Crippen molar-refractivity contribution >= 4 is 11.4 Å².